The van der Waals surface area contributed by atoms with Crippen LogP contribution in [0.15, 0.2) is 24.3 Å². The number of anilines is 1. The van der Waals surface area contributed by atoms with Crippen molar-refractivity contribution in [2.75, 3.05) is 18.1 Å². The lowest BCUT2D eigenvalue weighted by molar-refractivity contribution is -0.124. The Bertz CT molecular complexity index is 420. The van der Waals surface area contributed by atoms with Crippen LogP contribution in [0.25, 0.3) is 0 Å². The molecule has 0 spiro atoms. The van der Waals surface area contributed by atoms with E-state index in [4.69, 9.17) is 0 Å². The van der Waals surface area contributed by atoms with Crippen LogP contribution in [0.2, 0.25) is 0 Å². The molecule has 1 aliphatic heterocycles. The lowest BCUT2D eigenvalue weighted by atomic mass is 10.0. The third-order valence-electron chi connectivity index (χ3n) is 3.25. The Labute approximate surface area is 101 Å². The average Bonchev–Trinajstić information content (AvgIpc) is 2.33. The molecule has 4 heteroatoms. The zero-order chi connectivity index (χ0) is 12.4. The summed E-state index contributed by atoms with van der Waals surface area (Å²) in [6.07, 6.45) is 0. The molecular weight excluding hydrogens is 216 g/mol. The average molecular weight is 234 g/mol. The third kappa shape index (κ3) is 2.13. The Morgan fingerprint density at radius 2 is 2.18 bits per heavy atom. The number of benzene rings is 1. The molecule has 1 aromatic rings. The van der Waals surface area contributed by atoms with Gasteiger partial charge in [-0.25, -0.2) is 0 Å². The van der Waals surface area contributed by atoms with Gasteiger partial charge in [0.05, 0.1) is 6.61 Å². The Morgan fingerprint density at radius 1 is 1.47 bits per heavy atom. The summed E-state index contributed by atoms with van der Waals surface area (Å²) in [7, 11) is 0. The van der Waals surface area contributed by atoms with Crippen LogP contribution < -0.4 is 10.2 Å². The van der Waals surface area contributed by atoms with Crippen molar-refractivity contribution < 1.29 is 9.90 Å². The van der Waals surface area contributed by atoms with E-state index >= 15 is 0 Å². The number of carbonyl (C=O) groups is 1. The molecule has 92 valence electrons. The molecule has 0 aromatic heterocycles. The summed E-state index contributed by atoms with van der Waals surface area (Å²) in [5.41, 5.74) is 2.14. The molecule has 2 atom stereocenters. The van der Waals surface area contributed by atoms with E-state index in [1.54, 1.807) is 0 Å². The van der Waals surface area contributed by atoms with Gasteiger partial charge in [0, 0.05) is 18.3 Å². The minimum Gasteiger partial charge on any atom is -0.394 e. The van der Waals surface area contributed by atoms with E-state index in [-0.39, 0.29) is 18.6 Å². The molecule has 1 fully saturated rings. The number of hydrogen-bond donors (Lipinski definition) is 2. The van der Waals surface area contributed by atoms with E-state index in [0.717, 1.165) is 11.3 Å². The van der Waals surface area contributed by atoms with Crippen LogP contribution in [0.5, 0.6) is 0 Å². The second-order valence-corrected chi connectivity index (χ2v) is 4.49. The van der Waals surface area contributed by atoms with Crippen LogP contribution in [-0.4, -0.2) is 36.2 Å². The zero-order valence-corrected chi connectivity index (χ0v) is 10.2. The predicted octanol–water partition coefficient (Wildman–Crippen LogP) is 0.681. The number of aliphatic hydroxyl groups excluding tert-OH is 1. The van der Waals surface area contributed by atoms with Crippen LogP contribution in [0.1, 0.15) is 12.5 Å². The molecule has 1 aliphatic rings. The van der Waals surface area contributed by atoms with E-state index in [1.165, 1.54) is 0 Å². The lowest BCUT2D eigenvalue weighted by Crippen LogP contribution is -2.61. The highest BCUT2D eigenvalue weighted by Gasteiger charge is 2.34. The van der Waals surface area contributed by atoms with Gasteiger partial charge >= 0.3 is 0 Å². The lowest BCUT2D eigenvalue weighted by Gasteiger charge is -2.41. The normalized spacial score (nSPS) is 24.6. The first-order valence-electron chi connectivity index (χ1n) is 5.87. The van der Waals surface area contributed by atoms with Gasteiger partial charge in [-0.05, 0) is 25.5 Å². The van der Waals surface area contributed by atoms with Gasteiger partial charge < -0.3 is 15.3 Å². The Morgan fingerprint density at radius 3 is 2.82 bits per heavy atom. The van der Waals surface area contributed by atoms with Gasteiger partial charge in [0.15, 0.2) is 0 Å². The summed E-state index contributed by atoms with van der Waals surface area (Å²) >= 11 is 0. The minimum atomic E-state index is -0.486. The van der Waals surface area contributed by atoms with E-state index < -0.39 is 6.04 Å². The number of hydrogen-bond acceptors (Lipinski definition) is 3. The summed E-state index contributed by atoms with van der Waals surface area (Å²) in [5.74, 6) is -0.103. The van der Waals surface area contributed by atoms with Crippen molar-refractivity contribution in [1.82, 2.24) is 5.32 Å². The zero-order valence-electron chi connectivity index (χ0n) is 10.2. The van der Waals surface area contributed by atoms with Crippen molar-refractivity contribution >= 4 is 11.6 Å². The highest BCUT2D eigenvalue weighted by Crippen LogP contribution is 2.25. The van der Waals surface area contributed by atoms with E-state index in [9.17, 15) is 9.90 Å². The molecule has 0 bridgehead atoms. The summed E-state index contributed by atoms with van der Waals surface area (Å²) < 4.78 is 0. The second-order valence-electron chi connectivity index (χ2n) is 4.49. The third-order valence-corrected chi connectivity index (χ3v) is 3.25. The molecule has 2 unspecified atom stereocenters. The van der Waals surface area contributed by atoms with Crippen molar-refractivity contribution in [3.63, 3.8) is 0 Å². The van der Waals surface area contributed by atoms with Crippen molar-refractivity contribution in [2.45, 2.75) is 25.9 Å². The van der Waals surface area contributed by atoms with Gasteiger partial charge in [-0.1, -0.05) is 18.2 Å². The summed E-state index contributed by atoms with van der Waals surface area (Å²) in [6.45, 7) is 4.52. The maximum atomic E-state index is 11.8. The molecule has 1 heterocycles. The first-order valence-corrected chi connectivity index (χ1v) is 5.87. The molecule has 17 heavy (non-hydrogen) atoms. The number of carbonyl (C=O) groups excluding carboxylic acids is 1. The molecule has 4 nitrogen and oxygen atoms in total. The van der Waals surface area contributed by atoms with Gasteiger partial charge in [-0.2, -0.15) is 0 Å². The van der Waals surface area contributed by atoms with Crippen LogP contribution in [0.4, 0.5) is 5.69 Å². The topological polar surface area (TPSA) is 52.6 Å². The van der Waals surface area contributed by atoms with Crippen molar-refractivity contribution in [3.8, 4) is 0 Å². The fourth-order valence-electron chi connectivity index (χ4n) is 2.33. The first kappa shape index (κ1) is 11.9. The molecule has 2 N–H and O–H groups in total. The highest BCUT2D eigenvalue weighted by molar-refractivity contribution is 5.87. The van der Waals surface area contributed by atoms with E-state index in [2.05, 4.69) is 12.2 Å². The SMILES string of the molecule is Cc1ccccc1N1C(C)CNC(=O)C1CO. The van der Waals surface area contributed by atoms with Crippen LogP contribution in [-0.2, 0) is 4.79 Å². The summed E-state index contributed by atoms with van der Waals surface area (Å²) in [5, 5.41) is 12.2. The monoisotopic (exact) mass is 234 g/mol. The maximum Gasteiger partial charge on any atom is 0.245 e. The number of rotatable bonds is 2. The Kier molecular flexibility index (Phi) is 3.33. The van der Waals surface area contributed by atoms with Crippen LogP contribution in [0, 0.1) is 6.92 Å². The molecule has 0 radical (unpaired) electrons. The number of nitrogens with zero attached hydrogens (tertiary/aromatic N) is 1. The minimum absolute atomic E-state index is 0.103. The number of piperazine rings is 1. The highest BCUT2D eigenvalue weighted by atomic mass is 16.3. The first-order chi connectivity index (χ1) is 8.15. The Balaban J connectivity index is 2.39. The molecule has 2 rings (SSSR count). The molecule has 1 aromatic carbocycles. The fourth-order valence-corrected chi connectivity index (χ4v) is 2.33. The maximum absolute atomic E-state index is 11.8. The standard InChI is InChI=1S/C13H18N2O2/c1-9-5-3-4-6-11(9)15-10(2)7-14-13(17)12(15)8-16/h3-6,10,12,16H,7-8H2,1-2H3,(H,14,17). The Hall–Kier alpha value is -1.55. The molecule has 1 amide bonds. The van der Waals surface area contributed by atoms with Gasteiger partial charge in [-0.3, -0.25) is 4.79 Å². The van der Waals surface area contributed by atoms with Gasteiger partial charge in [0.25, 0.3) is 0 Å². The number of aliphatic hydroxyl groups is 1. The molecule has 0 aliphatic carbocycles. The quantitative estimate of drug-likeness (QED) is 0.791. The van der Waals surface area contributed by atoms with Crippen molar-refractivity contribution in [3.05, 3.63) is 29.8 Å². The van der Waals surface area contributed by atoms with Gasteiger partial charge in [-0.15, -0.1) is 0 Å². The van der Waals surface area contributed by atoms with Crippen LogP contribution in [0.3, 0.4) is 0 Å². The number of amides is 1. The van der Waals surface area contributed by atoms with Crippen LogP contribution >= 0.6 is 0 Å². The van der Waals surface area contributed by atoms with Gasteiger partial charge in [0.2, 0.25) is 5.91 Å². The smallest absolute Gasteiger partial charge is 0.245 e. The molecular formula is C13H18N2O2. The number of aryl methyl sites for hydroxylation is 1. The van der Waals surface area contributed by atoms with E-state index in [1.807, 2.05) is 36.1 Å². The summed E-state index contributed by atoms with van der Waals surface area (Å²) in [6, 6.07) is 7.64. The molecule has 0 saturated carbocycles. The molecule has 1 saturated heterocycles. The summed E-state index contributed by atoms with van der Waals surface area (Å²) in [4.78, 5) is 13.8. The number of nitrogens with one attached hydrogen (secondary N) is 1. The number of para-hydroxylation sites is 1. The second kappa shape index (κ2) is 4.75. The fraction of sp³-hybridized carbons (Fsp3) is 0.462. The van der Waals surface area contributed by atoms with Crippen molar-refractivity contribution in [1.29, 1.82) is 0 Å². The van der Waals surface area contributed by atoms with Gasteiger partial charge in [0.1, 0.15) is 6.04 Å². The van der Waals surface area contributed by atoms with E-state index in [0.29, 0.717) is 6.54 Å². The largest absolute Gasteiger partial charge is 0.394 e. The predicted molar refractivity (Wildman–Crippen MR) is 67.0 cm³/mol. The van der Waals surface area contributed by atoms with Crippen molar-refractivity contribution in [2.24, 2.45) is 0 Å².